The third-order valence-electron chi connectivity index (χ3n) is 2.55. The Morgan fingerprint density at radius 3 is 2.69 bits per heavy atom. The SMILES string of the molecule is CC(C)N1CC(F)C1CCC(=O)O. The second-order valence-electron chi connectivity index (χ2n) is 3.81. The lowest BCUT2D eigenvalue weighted by atomic mass is 9.94. The predicted octanol–water partition coefficient (Wildman–Crippen LogP) is 1.28. The second kappa shape index (κ2) is 4.05. The average Bonchev–Trinajstić information content (AvgIpc) is 1.99. The number of carboxylic acid groups (broad SMARTS) is 1. The van der Waals surface area contributed by atoms with Crippen LogP contribution in [0.1, 0.15) is 26.7 Å². The highest BCUT2D eigenvalue weighted by atomic mass is 19.1. The number of halogens is 1. The maximum atomic E-state index is 13.0. The Morgan fingerprint density at radius 2 is 2.31 bits per heavy atom. The molecule has 1 fully saturated rings. The Hall–Kier alpha value is -0.640. The summed E-state index contributed by atoms with van der Waals surface area (Å²) in [6.45, 7) is 4.46. The van der Waals surface area contributed by atoms with E-state index < -0.39 is 12.1 Å². The molecule has 1 aliphatic rings. The molecule has 0 saturated carbocycles. The summed E-state index contributed by atoms with van der Waals surface area (Å²) >= 11 is 0. The monoisotopic (exact) mass is 189 g/mol. The first-order valence-corrected chi connectivity index (χ1v) is 4.64. The van der Waals surface area contributed by atoms with Gasteiger partial charge in [0.1, 0.15) is 6.17 Å². The number of carboxylic acids is 1. The Balaban J connectivity index is 2.34. The van der Waals surface area contributed by atoms with E-state index in [0.29, 0.717) is 19.0 Å². The van der Waals surface area contributed by atoms with Gasteiger partial charge >= 0.3 is 5.97 Å². The fourth-order valence-corrected chi connectivity index (χ4v) is 1.74. The van der Waals surface area contributed by atoms with E-state index in [-0.39, 0.29) is 12.5 Å². The van der Waals surface area contributed by atoms with Gasteiger partial charge < -0.3 is 5.11 Å². The van der Waals surface area contributed by atoms with E-state index in [1.54, 1.807) is 0 Å². The molecule has 1 N–H and O–H groups in total. The third-order valence-corrected chi connectivity index (χ3v) is 2.55. The van der Waals surface area contributed by atoms with Crippen LogP contribution in [-0.2, 0) is 4.79 Å². The number of likely N-dealkylation sites (tertiary alicyclic amines) is 1. The van der Waals surface area contributed by atoms with E-state index in [2.05, 4.69) is 0 Å². The van der Waals surface area contributed by atoms with Crippen molar-refractivity contribution in [2.45, 2.75) is 44.9 Å². The molecule has 0 bridgehead atoms. The minimum Gasteiger partial charge on any atom is -0.481 e. The van der Waals surface area contributed by atoms with Crippen molar-refractivity contribution < 1.29 is 14.3 Å². The first-order valence-electron chi connectivity index (χ1n) is 4.64. The summed E-state index contributed by atoms with van der Waals surface area (Å²) in [4.78, 5) is 12.3. The molecule has 1 saturated heterocycles. The molecule has 3 nitrogen and oxygen atoms in total. The molecular formula is C9H16FNO2. The zero-order valence-corrected chi connectivity index (χ0v) is 8.03. The number of hydrogen-bond acceptors (Lipinski definition) is 2. The summed E-state index contributed by atoms with van der Waals surface area (Å²) in [5.74, 6) is -0.845. The molecule has 0 aromatic rings. The van der Waals surface area contributed by atoms with Gasteiger partial charge in [-0.1, -0.05) is 0 Å². The molecule has 2 unspecified atom stereocenters. The molecule has 0 radical (unpaired) electrons. The molecule has 0 aromatic carbocycles. The number of hydrogen-bond donors (Lipinski definition) is 1. The molecule has 1 aliphatic heterocycles. The van der Waals surface area contributed by atoms with Crippen LogP contribution in [0, 0.1) is 0 Å². The van der Waals surface area contributed by atoms with E-state index in [4.69, 9.17) is 5.11 Å². The van der Waals surface area contributed by atoms with Crippen LogP contribution < -0.4 is 0 Å². The Kier molecular flexibility index (Phi) is 3.25. The van der Waals surface area contributed by atoms with E-state index in [0.717, 1.165) is 0 Å². The van der Waals surface area contributed by atoms with E-state index in [1.807, 2.05) is 18.7 Å². The van der Waals surface area contributed by atoms with Crippen LogP contribution >= 0.6 is 0 Å². The largest absolute Gasteiger partial charge is 0.481 e. The highest BCUT2D eigenvalue weighted by Gasteiger charge is 2.40. The molecule has 4 heteroatoms. The number of rotatable bonds is 4. The summed E-state index contributed by atoms with van der Waals surface area (Å²) in [5, 5.41) is 8.45. The quantitative estimate of drug-likeness (QED) is 0.724. The van der Waals surface area contributed by atoms with Crippen LogP contribution in [0.15, 0.2) is 0 Å². The molecule has 0 aliphatic carbocycles. The van der Waals surface area contributed by atoms with Crippen molar-refractivity contribution in [3.63, 3.8) is 0 Å². The first-order chi connectivity index (χ1) is 6.02. The summed E-state index contributed by atoms with van der Waals surface area (Å²) in [6, 6.07) is 0.141. The lowest BCUT2D eigenvalue weighted by Crippen LogP contribution is -2.60. The fourth-order valence-electron chi connectivity index (χ4n) is 1.74. The van der Waals surface area contributed by atoms with Crippen molar-refractivity contribution in [3.8, 4) is 0 Å². The number of aliphatic carboxylic acids is 1. The summed E-state index contributed by atoms with van der Waals surface area (Å²) < 4.78 is 13.0. The maximum Gasteiger partial charge on any atom is 0.303 e. The average molecular weight is 189 g/mol. The van der Waals surface area contributed by atoms with Gasteiger partial charge in [0.25, 0.3) is 0 Å². The minimum atomic E-state index is -0.845. The third kappa shape index (κ3) is 2.40. The van der Waals surface area contributed by atoms with Crippen molar-refractivity contribution >= 4 is 5.97 Å². The van der Waals surface area contributed by atoms with Gasteiger partial charge in [0, 0.05) is 25.0 Å². The smallest absolute Gasteiger partial charge is 0.303 e. The molecule has 2 atom stereocenters. The van der Waals surface area contributed by atoms with E-state index in [9.17, 15) is 9.18 Å². The minimum absolute atomic E-state index is 0.0638. The Morgan fingerprint density at radius 1 is 1.69 bits per heavy atom. The molecule has 1 rings (SSSR count). The van der Waals surface area contributed by atoms with Gasteiger partial charge in [-0.05, 0) is 20.3 Å². The van der Waals surface area contributed by atoms with Gasteiger partial charge in [-0.2, -0.15) is 0 Å². The molecule has 0 spiro atoms. The van der Waals surface area contributed by atoms with Crippen LogP contribution in [0.3, 0.4) is 0 Å². The zero-order valence-electron chi connectivity index (χ0n) is 8.03. The standard InChI is InChI=1S/C9H16FNO2/c1-6(2)11-5-7(10)8(11)3-4-9(12)13/h6-8H,3-5H2,1-2H3,(H,12,13). The van der Waals surface area contributed by atoms with Crippen LogP contribution in [0.4, 0.5) is 4.39 Å². The van der Waals surface area contributed by atoms with Gasteiger partial charge in [-0.15, -0.1) is 0 Å². The topological polar surface area (TPSA) is 40.5 Å². The zero-order chi connectivity index (χ0) is 10.0. The van der Waals surface area contributed by atoms with Crippen LogP contribution in [0.25, 0.3) is 0 Å². The van der Waals surface area contributed by atoms with Gasteiger partial charge in [0.2, 0.25) is 0 Å². The second-order valence-corrected chi connectivity index (χ2v) is 3.81. The molecule has 76 valence electrons. The molecule has 13 heavy (non-hydrogen) atoms. The van der Waals surface area contributed by atoms with Crippen molar-refractivity contribution in [2.75, 3.05) is 6.54 Å². The van der Waals surface area contributed by atoms with Crippen LogP contribution in [0.5, 0.6) is 0 Å². The molecule has 1 heterocycles. The van der Waals surface area contributed by atoms with Crippen molar-refractivity contribution in [1.82, 2.24) is 4.90 Å². The summed E-state index contributed by atoms with van der Waals surface area (Å²) in [7, 11) is 0. The van der Waals surface area contributed by atoms with Crippen molar-refractivity contribution in [2.24, 2.45) is 0 Å². The molecule has 0 aromatic heterocycles. The van der Waals surface area contributed by atoms with E-state index >= 15 is 0 Å². The normalized spacial score (nSPS) is 28.9. The number of carbonyl (C=O) groups is 1. The lowest BCUT2D eigenvalue weighted by molar-refractivity contribution is -0.138. The van der Waals surface area contributed by atoms with Gasteiger partial charge in [0.05, 0.1) is 0 Å². The van der Waals surface area contributed by atoms with Crippen LogP contribution in [-0.4, -0.2) is 40.8 Å². The van der Waals surface area contributed by atoms with Crippen molar-refractivity contribution in [1.29, 1.82) is 0 Å². The van der Waals surface area contributed by atoms with Gasteiger partial charge in [0.15, 0.2) is 0 Å². The lowest BCUT2D eigenvalue weighted by Gasteiger charge is -2.46. The summed E-state index contributed by atoms with van der Waals surface area (Å²) in [5.41, 5.74) is 0. The fraction of sp³-hybridized carbons (Fsp3) is 0.889. The number of alkyl halides is 1. The van der Waals surface area contributed by atoms with Crippen LogP contribution in [0.2, 0.25) is 0 Å². The number of nitrogens with zero attached hydrogens (tertiary/aromatic N) is 1. The van der Waals surface area contributed by atoms with Crippen molar-refractivity contribution in [3.05, 3.63) is 0 Å². The maximum absolute atomic E-state index is 13.0. The van der Waals surface area contributed by atoms with Gasteiger partial charge in [-0.25, -0.2) is 4.39 Å². The highest BCUT2D eigenvalue weighted by Crippen LogP contribution is 2.27. The predicted molar refractivity (Wildman–Crippen MR) is 47.4 cm³/mol. The highest BCUT2D eigenvalue weighted by molar-refractivity contribution is 5.66. The summed E-state index contributed by atoms with van der Waals surface area (Å²) in [6.07, 6.45) is -0.343. The van der Waals surface area contributed by atoms with E-state index in [1.165, 1.54) is 0 Å². The molecular weight excluding hydrogens is 173 g/mol. The first kappa shape index (κ1) is 10.4. The Labute approximate surface area is 77.5 Å². The Bertz CT molecular complexity index is 196. The molecule has 0 amide bonds. The van der Waals surface area contributed by atoms with Gasteiger partial charge in [-0.3, -0.25) is 9.69 Å².